The number of aromatic amines is 1. The standard InChI is InChI=1S/C9H11N5OS/c1-14-4-6(3-11-14)5-16-9-12-7(10)2-8(15)13-9/h2-4H,5H2,1H3,(H3,10,12,13,15). The molecule has 2 aromatic rings. The van der Waals surface area contributed by atoms with Gasteiger partial charge in [0.25, 0.3) is 5.56 Å². The highest BCUT2D eigenvalue weighted by Gasteiger charge is 2.02. The van der Waals surface area contributed by atoms with Gasteiger partial charge in [-0.2, -0.15) is 5.10 Å². The lowest BCUT2D eigenvalue weighted by molar-refractivity contribution is 0.767. The Bertz CT molecular complexity index is 547. The van der Waals surface area contributed by atoms with Crippen LogP contribution in [-0.2, 0) is 12.8 Å². The molecule has 0 aliphatic carbocycles. The molecule has 3 N–H and O–H groups in total. The number of aromatic nitrogens is 4. The molecular formula is C9H11N5OS. The van der Waals surface area contributed by atoms with Crippen LogP contribution in [0, 0.1) is 0 Å². The molecule has 0 spiro atoms. The number of hydrogen-bond acceptors (Lipinski definition) is 5. The monoisotopic (exact) mass is 237 g/mol. The number of H-pyrrole nitrogens is 1. The lowest BCUT2D eigenvalue weighted by atomic mass is 10.4. The molecule has 0 amide bonds. The van der Waals surface area contributed by atoms with E-state index in [-0.39, 0.29) is 11.4 Å². The second-order valence-corrected chi connectivity index (χ2v) is 4.25. The third kappa shape index (κ3) is 2.63. The summed E-state index contributed by atoms with van der Waals surface area (Å²) >= 11 is 1.42. The van der Waals surface area contributed by atoms with Crippen molar-refractivity contribution in [3.8, 4) is 0 Å². The van der Waals surface area contributed by atoms with Crippen molar-refractivity contribution in [3.63, 3.8) is 0 Å². The summed E-state index contributed by atoms with van der Waals surface area (Å²) in [5.41, 5.74) is 6.30. The third-order valence-corrected chi connectivity index (χ3v) is 2.82. The van der Waals surface area contributed by atoms with Crippen LogP contribution in [0.4, 0.5) is 5.82 Å². The normalized spacial score (nSPS) is 10.6. The molecule has 7 heteroatoms. The van der Waals surface area contributed by atoms with Gasteiger partial charge in [0.15, 0.2) is 5.16 Å². The molecule has 0 saturated heterocycles. The van der Waals surface area contributed by atoms with Crippen molar-refractivity contribution < 1.29 is 0 Å². The van der Waals surface area contributed by atoms with Gasteiger partial charge in [-0.1, -0.05) is 11.8 Å². The lowest BCUT2D eigenvalue weighted by Crippen LogP contribution is -2.09. The molecule has 0 aliphatic heterocycles. The molecule has 0 atom stereocenters. The van der Waals surface area contributed by atoms with Crippen molar-refractivity contribution in [2.45, 2.75) is 10.9 Å². The van der Waals surface area contributed by atoms with E-state index >= 15 is 0 Å². The summed E-state index contributed by atoms with van der Waals surface area (Å²) in [6.07, 6.45) is 3.69. The Morgan fingerprint density at radius 3 is 3.06 bits per heavy atom. The highest BCUT2D eigenvalue weighted by atomic mass is 32.2. The van der Waals surface area contributed by atoms with Crippen LogP contribution in [0.5, 0.6) is 0 Å². The van der Waals surface area contributed by atoms with Gasteiger partial charge in [0, 0.05) is 30.6 Å². The van der Waals surface area contributed by atoms with Crippen LogP contribution in [-0.4, -0.2) is 19.7 Å². The summed E-state index contributed by atoms with van der Waals surface area (Å²) in [7, 11) is 1.86. The minimum absolute atomic E-state index is 0.234. The fourth-order valence-electron chi connectivity index (χ4n) is 1.22. The van der Waals surface area contributed by atoms with Gasteiger partial charge in [-0.3, -0.25) is 9.48 Å². The van der Waals surface area contributed by atoms with E-state index in [1.165, 1.54) is 17.8 Å². The molecule has 16 heavy (non-hydrogen) atoms. The topological polar surface area (TPSA) is 89.6 Å². The van der Waals surface area contributed by atoms with Gasteiger partial charge in [0.1, 0.15) is 5.82 Å². The summed E-state index contributed by atoms with van der Waals surface area (Å²) < 4.78 is 1.73. The predicted octanol–water partition coefficient (Wildman–Crippen LogP) is 0.378. The van der Waals surface area contributed by atoms with Crippen LogP contribution in [0.3, 0.4) is 0 Å². The molecule has 0 aliphatic rings. The quantitative estimate of drug-likeness (QED) is 0.595. The second-order valence-electron chi connectivity index (χ2n) is 3.29. The van der Waals surface area contributed by atoms with Gasteiger partial charge < -0.3 is 10.7 Å². The number of thioether (sulfide) groups is 1. The second kappa shape index (κ2) is 4.40. The number of rotatable bonds is 3. The van der Waals surface area contributed by atoms with E-state index in [1.54, 1.807) is 10.9 Å². The number of nitrogen functional groups attached to an aromatic ring is 1. The Balaban J connectivity index is 2.07. The largest absolute Gasteiger partial charge is 0.383 e. The van der Waals surface area contributed by atoms with Gasteiger partial charge in [-0.15, -0.1) is 0 Å². The van der Waals surface area contributed by atoms with Crippen LogP contribution in [0.25, 0.3) is 0 Å². The molecule has 84 valence electrons. The van der Waals surface area contributed by atoms with E-state index in [4.69, 9.17) is 5.73 Å². The summed E-state index contributed by atoms with van der Waals surface area (Å²) in [4.78, 5) is 17.7. The molecular weight excluding hydrogens is 226 g/mol. The van der Waals surface area contributed by atoms with Gasteiger partial charge in [-0.25, -0.2) is 4.98 Å². The Morgan fingerprint density at radius 1 is 1.62 bits per heavy atom. The van der Waals surface area contributed by atoms with E-state index < -0.39 is 0 Å². The average molecular weight is 237 g/mol. The smallest absolute Gasteiger partial charge is 0.253 e. The number of nitrogens with two attached hydrogens (primary N) is 1. The van der Waals surface area contributed by atoms with Gasteiger partial charge in [0.05, 0.1) is 6.20 Å². The minimum atomic E-state index is -0.235. The molecule has 0 saturated carbocycles. The molecule has 2 heterocycles. The number of nitrogens with one attached hydrogen (secondary N) is 1. The molecule has 6 nitrogen and oxygen atoms in total. The van der Waals surface area contributed by atoms with Crippen molar-refractivity contribution in [1.29, 1.82) is 0 Å². The molecule has 0 unspecified atom stereocenters. The first-order chi connectivity index (χ1) is 7.63. The SMILES string of the molecule is Cn1cc(CSc2nc(N)cc(=O)[nH]2)cn1. The van der Waals surface area contributed by atoms with Gasteiger partial charge >= 0.3 is 0 Å². The molecule has 2 rings (SSSR count). The van der Waals surface area contributed by atoms with Crippen molar-refractivity contribution >= 4 is 17.6 Å². The van der Waals surface area contributed by atoms with Gasteiger partial charge in [0.2, 0.25) is 0 Å². The van der Waals surface area contributed by atoms with E-state index in [2.05, 4.69) is 15.1 Å². The van der Waals surface area contributed by atoms with Crippen molar-refractivity contribution in [3.05, 3.63) is 34.4 Å². The molecule has 0 bridgehead atoms. The van der Waals surface area contributed by atoms with Gasteiger partial charge in [-0.05, 0) is 0 Å². The Labute approximate surface area is 95.9 Å². The maximum Gasteiger partial charge on any atom is 0.253 e. The van der Waals surface area contributed by atoms with E-state index in [0.717, 1.165) is 5.56 Å². The fraction of sp³-hybridized carbons (Fsp3) is 0.222. The highest BCUT2D eigenvalue weighted by Crippen LogP contribution is 2.17. The zero-order valence-electron chi connectivity index (χ0n) is 8.67. The summed E-state index contributed by atoms with van der Waals surface area (Å²) in [5.74, 6) is 0.928. The first kappa shape index (κ1) is 10.7. The van der Waals surface area contributed by atoms with E-state index in [0.29, 0.717) is 10.9 Å². The molecule has 2 aromatic heterocycles. The van der Waals surface area contributed by atoms with Crippen LogP contribution in [0.2, 0.25) is 0 Å². The first-order valence-electron chi connectivity index (χ1n) is 4.60. The predicted molar refractivity (Wildman–Crippen MR) is 62.0 cm³/mol. The van der Waals surface area contributed by atoms with Crippen molar-refractivity contribution in [2.24, 2.45) is 7.05 Å². The van der Waals surface area contributed by atoms with Crippen LogP contribution >= 0.6 is 11.8 Å². The highest BCUT2D eigenvalue weighted by molar-refractivity contribution is 7.98. The minimum Gasteiger partial charge on any atom is -0.383 e. The number of aryl methyl sites for hydroxylation is 1. The lowest BCUT2D eigenvalue weighted by Gasteiger charge is -1.99. The maximum absolute atomic E-state index is 11.1. The Hall–Kier alpha value is -1.76. The molecule has 0 aromatic carbocycles. The van der Waals surface area contributed by atoms with Crippen LogP contribution in [0.15, 0.2) is 28.4 Å². The molecule has 0 fully saturated rings. The molecule has 0 radical (unpaired) electrons. The number of hydrogen-bond donors (Lipinski definition) is 2. The van der Waals surface area contributed by atoms with E-state index in [9.17, 15) is 4.79 Å². The number of anilines is 1. The van der Waals surface area contributed by atoms with Crippen LogP contribution in [0.1, 0.15) is 5.56 Å². The average Bonchev–Trinajstić information content (AvgIpc) is 2.60. The summed E-state index contributed by atoms with van der Waals surface area (Å²) in [6.45, 7) is 0. The summed E-state index contributed by atoms with van der Waals surface area (Å²) in [5, 5.41) is 4.57. The van der Waals surface area contributed by atoms with Crippen LogP contribution < -0.4 is 11.3 Å². The zero-order valence-corrected chi connectivity index (χ0v) is 9.49. The Kier molecular flexibility index (Phi) is 2.95. The first-order valence-corrected chi connectivity index (χ1v) is 5.59. The van der Waals surface area contributed by atoms with E-state index in [1.807, 2.05) is 13.2 Å². The third-order valence-electron chi connectivity index (χ3n) is 1.87. The number of nitrogens with zero attached hydrogens (tertiary/aromatic N) is 3. The maximum atomic E-state index is 11.1. The van der Waals surface area contributed by atoms with Crippen molar-refractivity contribution in [1.82, 2.24) is 19.7 Å². The fourth-order valence-corrected chi connectivity index (χ4v) is 2.01. The zero-order chi connectivity index (χ0) is 11.5. The summed E-state index contributed by atoms with van der Waals surface area (Å²) in [6, 6.07) is 1.26. The van der Waals surface area contributed by atoms with Crippen molar-refractivity contribution in [2.75, 3.05) is 5.73 Å². The Morgan fingerprint density at radius 2 is 2.44 bits per heavy atom.